The summed E-state index contributed by atoms with van der Waals surface area (Å²) in [6.07, 6.45) is 3.88. The normalized spacial score (nSPS) is 12.2. The Hall–Kier alpha value is -1.85. The molecule has 0 saturated carbocycles. The van der Waals surface area contributed by atoms with Crippen molar-refractivity contribution in [2.24, 2.45) is 5.92 Å². The zero-order valence-electron chi connectivity index (χ0n) is 12.5. The first-order valence-corrected chi connectivity index (χ1v) is 6.94. The fourth-order valence-electron chi connectivity index (χ4n) is 1.62. The predicted octanol–water partition coefficient (Wildman–Crippen LogP) is 1.78. The van der Waals surface area contributed by atoms with Crippen LogP contribution in [0.2, 0.25) is 0 Å². The lowest BCUT2D eigenvalue weighted by atomic mass is 10.1. The average Bonchev–Trinajstić information content (AvgIpc) is 2.87. The highest BCUT2D eigenvalue weighted by atomic mass is 16.5. The van der Waals surface area contributed by atoms with Crippen LogP contribution in [0.4, 0.5) is 0 Å². The van der Waals surface area contributed by atoms with Gasteiger partial charge in [-0.05, 0) is 26.2 Å². The fraction of sp³-hybridized carbons (Fsp3) is 0.643. The standard InChI is InChI=1S/C14H23N3O3/c1-5-20-14(19)12-8-16-17(9-12)11(4)13(18)15-7-6-10(2)3/h8-11H,5-7H2,1-4H3,(H,15,18). The summed E-state index contributed by atoms with van der Waals surface area (Å²) in [5.41, 5.74) is 0.355. The van der Waals surface area contributed by atoms with E-state index in [1.165, 1.54) is 17.1 Å². The van der Waals surface area contributed by atoms with Gasteiger partial charge in [0.05, 0.1) is 18.4 Å². The molecule has 1 heterocycles. The monoisotopic (exact) mass is 281 g/mol. The van der Waals surface area contributed by atoms with Crippen molar-refractivity contribution in [3.8, 4) is 0 Å². The van der Waals surface area contributed by atoms with Crippen molar-refractivity contribution >= 4 is 11.9 Å². The molecule has 112 valence electrons. The van der Waals surface area contributed by atoms with E-state index in [9.17, 15) is 9.59 Å². The molecule has 0 aliphatic carbocycles. The zero-order valence-corrected chi connectivity index (χ0v) is 12.5. The number of hydrogen-bond donors (Lipinski definition) is 1. The molecule has 1 N–H and O–H groups in total. The van der Waals surface area contributed by atoms with Crippen molar-refractivity contribution in [2.75, 3.05) is 13.2 Å². The van der Waals surface area contributed by atoms with Gasteiger partial charge < -0.3 is 10.1 Å². The van der Waals surface area contributed by atoms with E-state index in [2.05, 4.69) is 24.3 Å². The Kier molecular flexibility index (Phi) is 6.21. The molecule has 0 aliphatic heterocycles. The third kappa shape index (κ3) is 4.68. The highest BCUT2D eigenvalue weighted by molar-refractivity contribution is 5.89. The zero-order chi connectivity index (χ0) is 15.1. The number of amides is 1. The molecule has 0 bridgehead atoms. The smallest absolute Gasteiger partial charge is 0.341 e. The van der Waals surface area contributed by atoms with Gasteiger partial charge in [-0.15, -0.1) is 0 Å². The van der Waals surface area contributed by atoms with E-state index in [-0.39, 0.29) is 5.91 Å². The van der Waals surface area contributed by atoms with Gasteiger partial charge in [-0.25, -0.2) is 4.79 Å². The molecule has 0 fully saturated rings. The van der Waals surface area contributed by atoms with E-state index in [0.717, 1.165) is 6.42 Å². The maximum Gasteiger partial charge on any atom is 0.341 e. The number of nitrogens with one attached hydrogen (secondary N) is 1. The van der Waals surface area contributed by atoms with Crippen molar-refractivity contribution < 1.29 is 14.3 Å². The lowest BCUT2D eigenvalue weighted by Gasteiger charge is -2.13. The number of nitrogens with zero attached hydrogens (tertiary/aromatic N) is 2. The van der Waals surface area contributed by atoms with Gasteiger partial charge >= 0.3 is 5.97 Å². The molecule has 6 heteroatoms. The van der Waals surface area contributed by atoms with E-state index < -0.39 is 12.0 Å². The molecular formula is C14H23N3O3. The van der Waals surface area contributed by atoms with Gasteiger partial charge in [0, 0.05) is 12.7 Å². The Morgan fingerprint density at radius 1 is 1.40 bits per heavy atom. The molecule has 0 aliphatic rings. The molecule has 0 radical (unpaired) electrons. The first kappa shape index (κ1) is 16.2. The third-order valence-corrected chi connectivity index (χ3v) is 2.91. The molecule has 1 aromatic heterocycles. The summed E-state index contributed by atoms with van der Waals surface area (Å²) >= 11 is 0. The van der Waals surface area contributed by atoms with Crippen LogP contribution in [-0.4, -0.2) is 34.8 Å². The number of ether oxygens (including phenoxy) is 1. The van der Waals surface area contributed by atoms with Gasteiger partial charge in [-0.3, -0.25) is 9.48 Å². The SMILES string of the molecule is CCOC(=O)c1cnn(C(C)C(=O)NCCC(C)C)c1. The Morgan fingerprint density at radius 3 is 2.70 bits per heavy atom. The minimum absolute atomic E-state index is 0.107. The number of rotatable bonds is 7. The summed E-state index contributed by atoms with van der Waals surface area (Å²) in [5, 5.41) is 6.90. The molecule has 6 nitrogen and oxygen atoms in total. The Labute approximate surface area is 119 Å². The number of aromatic nitrogens is 2. The van der Waals surface area contributed by atoms with Gasteiger partial charge in [0.15, 0.2) is 0 Å². The summed E-state index contributed by atoms with van der Waals surface area (Å²) in [6, 6.07) is -0.453. The van der Waals surface area contributed by atoms with Crippen molar-refractivity contribution in [3.63, 3.8) is 0 Å². The molecule has 1 atom stereocenters. The first-order chi connectivity index (χ1) is 9.45. The van der Waals surface area contributed by atoms with Gasteiger partial charge in [0.1, 0.15) is 6.04 Å². The molecule has 0 spiro atoms. The van der Waals surface area contributed by atoms with Crippen LogP contribution in [0.1, 0.15) is 50.5 Å². The summed E-state index contributed by atoms with van der Waals surface area (Å²) < 4.78 is 6.35. The number of hydrogen-bond acceptors (Lipinski definition) is 4. The molecule has 1 unspecified atom stereocenters. The van der Waals surface area contributed by atoms with E-state index in [0.29, 0.717) is 24.6 Å². The van der Waals surface area contributed by atoms with Crippen LogP contribution in [0, 0.1) is 5.92 Å². The third-order valence-electron chi connectivity index (χ3n) is 2.91. The quantitative estimate of drug-likeness (QED) is 0.773. The summed E-state index contributed by atoms with van der Waals surface area (Å²) in [6.45, 7) is 8.66. The second-order valence-electron chi connectivity index (χ2n) is 5.08. The summed E-state index contributed by atoms with van der Waals surface area (Å²) in [5.74, 6) is 0.0149. The second-order valence-corrected chi connectivity index (χ2v) is 5.08. The van der Waals surface area contributed by atoms with Crippen molar-refractivity contribution in [3.05, 3.63) is 18.0 Å². The van der Waals surface area contributed by atoms with E-state index in [1.807, 2.05) is 0 Å². The maximum absolute atomic E-state index is 11.9. The van der Waals surface area contributed by atoms with Crippen LogP contribution < -0.4 is 5.32 Å². The van der Waals surface area contributed by atoms with Crippen LogP contribution in [0.25, 0.3) is 0 Å². The average molecular weight is 281 g/mol. The summed E-state index contributed by atoms with van der Waals surface area (Å²) in [7, 11) is 0. The van der Waals surface area contributed by atoms with Crippen LogP contribution in [-0.2, 0) is 9.53 Å². The molecule has 0 aromatic carbocycles. The molecule has 1 amide bonds. The molecule has 1 aromatic rings. The Morgan fingerprint density at radius 2 is 2.10 bits per heavy atom. The van der Waals surface area contributed by atoms with Gasteiger partial charge in [-0.1, -0.05) is 13.8 Å². The largest absolute Gasteiger partial charge is 0.462 e. The summed E-state index contributed by atoms with van der Waals surface area (Å²) in [4.78, 5) is 23.5. The maximum atomic E-state index is 11.9. The molecule has 20 heavy (non-hydrogen) atoms. The van der Waals surface area contributed by atoms with Gasteiger partial charge in [-0.2, -0.15) is 5.10 Å². The van der Waals surface area contributed by atoms with Gasteiger partial charge in [0.2, 0.25) is 5.91 Å². The van der Waals surface area contributed by atoms with E-state index >= 15 is 0 Å². The minimum atomic E-state index is -0.453. The predicted molar refractivity (Wildman–Crippen MR) is 75.4 cm³/mol. The molecule has 1 rings (SSSR count). The van der Waals surface area contributed by atoms with Crippen molar-refractivity contribution in [1.82, 2.24) is 15.1 Å². The van der Waals surface area contributed by atoms with E-state index in [1.54, 1.807) is 13.8 Å². The number of esters is 1. The van der Waals surface area contributed by atoms with Crippen LogP contribution in [0.3, 0.4) is 0 Å². The fourth-order valence-corrected chi connectivity index (χ4v) is 1.62. The minimum Gasteiger partial charge on any atom is -0.462 e. The first-order valence-electron chi connectivity index (χ1n) is 6.94. The van der Waals surface area contributed by atoms with Crippen molar-refractivity contribution in [2.45, 2.75) is 40.2 Å². The second kappa shape index (κ2) is 7.67. The number of carbonyl (C=O) groups excluding carboxylic acids is 2. The Balaban J connectivity index is 2.56. The molecule has 0 saturated heterocycles. The number of carbonyl (C=O) groups is 2. The van der Waals surface area contributed by atoms with Gasteiger partial charge in [0.25, 0.3) is 0 Å². The topological polar surface area (TPSA) is 73.2 Å². The highest BCUT2D eigenvalue weighted by Gasteiger charge is 2.17. The Bertz CT molecular complexity index is 454. The van der Waals surface area contributed by atoms with Crippen LogP contribution in [0.5, 0.6) is 0 Å². The lowest BCUT2D eigenvalue weighted by Crippen LogP contribution is -2.32. The van der Waals surface area contributed by atoms with Crippen LogP contribution in [0.15, 0.2) is 12.4 Å². The van der Waals surface area contributed by atoms with Crippen LogP contribution >= 0.6 is 0 Å². The van der Waals surface area contributed by atoms with Crippen molar-refractivity contribution in [1.29, 1.82) is 0 Å². The van der Waals surface area contributed by atoms with E-state index in [4.69, 9.17) is 4.74 Å². The molecular weight excluding hydrogens is 258 g/mol. The highest BCUT2D eigenvalue weighted by Crippen LogP contribution is 2.08. The lowest BCUT2D eigenvalue weighted by molar-refractivity contribution is -0.124.